The van der Waals surface area contributed by atoms with Gasteiger partial charge < -0.3 is 10.2 Å². The summed E-state index contributed by atoms with van der Waals surface area (Å²) in [7, 11) is 0. The Hall–Kier alpha value is -0.0800. The van der Waals surface area contributed by atoms with Crippen LogP contribution in [0.25, 0.3) is 0 Å². The van der Waals surface area contributed by atoms with E-state index < -0.39 is 0 Å². The lowest BCUT2D eigenvalue weighted by Crippen LogP contribution is -2.46. The topological polar surface area (TPSA) is 15.3 Å². The zero-order valence-electron chi connectivity index (χ0n) is 11.6. The first kappa shape index (κ1) is 14.0. The molecule has 0 spiro atoms. The van der Waals surface area contributed by atoms with Crippen LogP contribution in [0.1, 0.15) is 47.0 Å². The number of hydrogen-bond acceptors (Lipinski definition) is 2. The molecule has 0 aromatic heterocycles. The predicted molar refractivity (Wildman–Crippen MR) is 71.8 cm³/mol. The molecule has 1 fully saturated rings. The van der Waals surface area contributed by atoms with Crippen LogP contribution < -0.4 is 5.32 Å². The Balaban J connectivity index is 2.29. The fraction of sp³-hybridized carbons (Fsp3) is 1.00. The summed E-state index contributed by atoms with van der Waals surface area (Å²) in [6.45, 7) is 14.3. The molecule has 1 heterocycles. The SMILES string of the molecule is CCCNC(CC)CN1CCC(C)C(C)C1. The molecular weight excluding hydrogens is 196 g/mol. The van der Waals surface area contributed by atoms with Gasteiger partial charge in [-0.1, -0.05) is 27.7 Å². The molecule has 1 aliphatic rings. The number of rotatable bonds is 6. The van der Waals surface area contributed by atoms with E-state index in [4.69, 9.17) is 0 Å². The summed E-state index contributed by atoms with van der Waals surface area (Å²) < 4.78 is 0. The molecule has 0 aromatic carbocycles. The molecule has 96 valence electrons. The second-order valence-corrected chi connectivity index (χ2v) is 5.56. The molecule has 1 saturated heterocycles. The van der Waals surface area contributed by atoms with Gasteiger partial charge in [-0.05, 0) is 44.2 Å². The molecule has 0 saturated carbocycles. The average molecular weight is 226 g/mol. The van der Waals surface area contributed by atoms with Crippen molar-refractivity contribution >= 4 is 0 Å². The van der Waals surface area contributed by atoms with Gasteiger partial charge in [-0.15, -0.1) is 0 Å². The van der Waals surface area contributed by atoms with Crippen LogP contribution in [0.2, 0.25) is 0 Å². The van der Waals surface area contributed by atoms with Crippen LogP contribution >= 0.6 is 0 Å². The third-order valence-corrected chi connectivity index (χ3v) is 4.07. The van der Waals surface area contributed by atoms with E-state index >= 15 is 0 Å². The van der Waals surface area contributed by atoms with Crippen LogP contribution in [0.5, 0.6) is 0 Å². The summed E-state index contributed by atoms with van der Waals surface area (Å²) in [5.74, 6) is 1.79. The first-order valence-corrected chi connectivity index (χ1v) is 7.13. The second-order valence-electron chi connectivity index (χ2n) is 5.56. The minimum Gasteiger partial charge on any atom is -0.313 e. The van der Waals surface area contributed by atoms with Crippen LogP contribution in [0.15, 0.2) is 0 Å². The molecule has 3 atom stereocenters. The van der Waals surface area contributed by atoms with E-state index in [9.17, 15) is 0 Å². The predicted octanol–water partition coefficient (Wildman–Crippen LogP) is 2.74. The van der Waals surface area contributed by atoms with Crippen LogP contribution in [-0.4, -0.2) is 37.1 Å². The van der Waals surface area contributed by atoms with Crippen LogP contribution in [0.4, 0.5) is 0 Å². The molecular formula is C14H30N2. The van der Waals surface area contributed by atoms with Crippen molar-refractivity contribution in [3.8, 4) is 0 Å². The van der Waals surface area contributed by atoms with Gasteiger partial charge in [-0.3, -0.25) is 0 Å². The van der Waals surface area contributed by atoms with Crippen molar-refractivity contribution in [1.29, 1.82) is 0 Å². The Bertz CT molecular complexity index is 182. The maximum Gasteiger partial charge on any atom is 0.0192 e. The van der Waals surface area contributed by atoms with Gasteiger partial charge in [0.2, 0.25) is 0 Å². The number of piperidine rings is 1. The Labute approximate surface area is 102 Å². The largest absolute Gasteiger partial charge is 0.313 e. The molecule has 0 aliphatic carbocycles. The van der Waals surface area contributed by atoms with E-state index in [1.807, 2.05) is 0 Å². The molecule has 0 bridgehead atoms. The van der Waals surface area contributed by atoms with Gasteiger partial charge in [0.05, 0.1) is 0 Å². The monoisotopic (exact) mass is 226 g/mol. The molecule has 1 aliphatic heterocycles. The van der Waals surface area contributed by atoms with Gasteiger partial charge in [0.15, 0.2) is 0 Å². The quantitative estimate of drug-likeness (QED) is 0.749. The molecule has 1 rings (SSSR count). The molecule has 1 N–H and O–H groups in total. The van der Waals surface area contributed by atoms with Crippen molar-refractivity contribution in [3.05, 3.63) is 0 Å². The van der Waals surface area contributed by atoms with Crippen molar-refractivity contribution in [2.75, 3.05) is 26.2 Å². The normalized spacial score (nSPS) is 29.2. The zero-order valence-corrected chi connectivity index (χ0v) is 11.6. The number of likely N-dealkylation sites (tertiary alicyclic amines) is 1. The van der Waals surface area contributed by atoms with E-state index in [0.29, 0.717) is 6.04 Å². The van der Waals surface area contributed by atoms with Crippen LogP contribution in [0, 0.1) is 11.8 Å². The van der Waals surface area contributed by atoms with E-state index in [1.165, 1.54) is 38.9 Å². The fourth-order valence-electron chi connectivity index (χ4n) is 2.51. The van der Waals surface area contributed by atoms with E-state index in [0.717, 1.165) is 18.4 Å². The van der Waals surface area contributed by atoms with Gasteiger partial charge in [0, 0.05) is 19.1 Å². The highest BCUT2D eigenvalue weighted by atomic mass is 15.2. The van der Waals surface area contributed by atoms with Crippen LogP contribution in [-0.2, 0) is 0 Å². The van der Waals surface area contributed by atoms with E-state index in [-0.39, 0.29) is 0 Å². The standard InChI is InChI=1S/C14H30N2/c1-5-8-15-14(6-2)11-16-9-7-12(3)13(4)10-16/h12-15H,5-11H2,1-4H3. The third kappa shape index (κ3) is 4.42. The lowest BCUT2D eigenvalue weighted by atomic mass is 9.88. The highest BCUT2D eigenvalue weighted by Crippen LogP contribution is 2.22. The summed E-state index contributed by atoms with van der Waals surface area (Å²) in [5, 5.41) is 3.65. The minimum absolute atomic E-state index is 0.695. The molecule has 3 unspecified atom stereocenters. The van der Waals surface area contributed by atoms with Crippen molar-refractivity contribution in [2.45, 2.75) is 53.0 Å². The molecule has 0 aromatic rings. The fourth-order valence-corrected chi connectivity index (χ4v) is 2.51. The van der Waals surface area contributed by atoms with Crippen molar-refractivity contribution in [3.63, 3.8) is 0 Å². The Morgan fingerprint density at radius 3 is 2.56 bits per heavy atom. The van der Waals surface area contributed by atoms with E-state index in [1.54, 1.807) is 0 Å². The number of nitrogens with one attached hydrogen (secondary N) is 1. The van der Waals surface area contributed by atoms with Crippen LogP contribution in [0.3, 0.4) is 0 Å². The van der Waals surface area contributed by atoms with Crippen molar-refractivity contribution in [1.82, 2.24) is 10.2 Å². The molecule has 2 heteroatoms. The Morgan fingerprint density at radius 2 is 2.00 bits per heavy atom. The first-order valence-electron chi connectivity index (χ1n) is 7.13. The smallest absolute Gasteiger partial charge is 0.0192 e. The summed E-state index contributed by atoms with van der Waals surface area (Å²) in [6.07, 6.45) is 3.87. The van der Waals surface area contributed by atoms with Gasteiger partial charge in [0.1, 0.15) is 0 Å². The summed E-state index contributed by atoms with van der Waals surface area (Å²) in [6, 6.07) is 0.695. The molecule has 0 amide bonds. The average Bonchev–Trinajstić information content (AvgIpc) is 2.29. The second kappa shape index (κ2) is 7.29. The highest BCUT2D eigenvalue weighted by molar-refractivity contribution is 4.78. The Morgan fingerprint density at radius 1 is 1.25 bits per heavy atom. The van der Waals surface area contributed by atoms with Gasteiger partial charge in [-0.2, -0.15) is 0 Å². The van der Waals surface area contributed by atoms with Crippen molar-refractivity contribution < 1.29 is 0 Å². The van der Waals surface area contributed by atoms with Gasteiger partial charge >= 0.3 is 0 Å². The van der Waals surface area contributed by atoms with Gasteiger partial charge in [0.25, 0.3) is 0 Å². The molecule has 2 nitrogen and oxygen atoms in total. The zero-order chi connectivity index (χ0) is 12.0. The minimum atomic E-state index is 0.695. The lowest BCUT2D eigenvalue weighted by Gasteiger charge is -2.37. The summed E-state index contributed by atoms with van der Waals surface area (Å²) in [5.41, 5.74) is 0. The Kier molecular flexibility index (Phi) is 6.37. The highest BCUT2D eigenvalue weighted by Gasteiger charge is 2.23. The number of hydrogen-bond donors (Lipinski definition) is 1. The maximum atomic E-state index is 3.65. The van der Waals surface area contributed by atoms with Gasteiger partial charge in [-0.25, -0.2) is 0 Å². The number of nitrogens with zero attached hydrogens (tertiary/aromatic N) is 1. The van der Waals surface area contributed by atoms with E-state index in [2.05, 4.69) is 37.9 Å². The summed E-state index contributed by atoms with van der Waals surface area (Å²) in [4.78, 5) is 2.65. The third-order valence-electron chi connectivity index (χ3n) is 4.07. The molecule has 16 heavy (non-hydrogen) atoms. The first-order chi connectivity index (χ1) is 7.67. The maximum absolute atomic E-state index is 3.65. The molecule has 0 radical (unpaired) electrons. The summed E-state index contributed by atoms with van der Waals surface area (Å²) >= 11 is 0. The lowest BCUT2D eigenvalue weighted by molar-refractivity contribution is 0.126. The van der Waals surface area contributed by atoms with Crippen molar-refractivity contribution in [2.24, 2.45) is 11.8 Å².